The van der Waals surface area contributed by atoms with E-state index in [0.29, 0.717) is 5.56 Å². The third-order valence-corrected chi connectivity index (χ3v) is 3.82. The molecule has 6 nitrogen and oxygen atoms in total. The van der Waals surface area contributed by atoms with Crippen molar-refractivity contribution in [1.29, 1.82) is 0 Å². The topological polar surface area (TPSA) is 91.9 Å². The molecule has 0 bridgehead atoms. The van der Waals surface area contributed by atoms with E-state index >= 15 is 0 Å². The molecule has 106 valence electrons. The number of rotatable bonds is 3. The van der Waals surface area contributed by atoms with Crippen LogP contribution in [0, 0.1) is 12.7 Å². The van der Waals surface area contributed by atoms with Crippen LogP contribution in [0.25, 0.3) is 0 Å². The van der Waals surface area contributed by atoms with Crippen molar-refractivity contribution >= 4 is 21.3 Å². The summed E-state index contributed by atoms with van der Waals surface area (Å²) in [4.78, 5) is 17.6. The molecule has 1 aromatic heterocycles. The van der Waals surface area contributed by atoms with E-state index in [4.69, 9.17) is 0 Å². The molecule has 0 saturated carbocycles. The van der Waals surface area contributed by atoms with E-state index in [0.717, 1.165) is 12.3 Å². The summed E-state index contributed by atoms with van der Waals surface area (Å²) in [6, 6.07) is 3.48. The third-order valence-electron chi connectivity index (χ3n) is 2.71. The number of benzene rings is 1. The third kappa shape index (κ3) is 2.85. The Labute approximate surface area is 114 Å². The minimum absolute atomic E-state index is 0.0404. The lowest BCUT2D eigenvalue weighted by atomic mass is 10.3. The van der Waals surface area contributed by atoms with Crippen LogP contribution in [0.2, 0.25) is 0 Å². The zero-order chi connectivity index (χ0) is 14.9. The molecule has 2 aromatic rings. The van der Waals surface area contributed by atoms with E-state index in [1.54, 1.807) is 0 Å². The lowest BCUT2D eigenvalue weighted by Crippen LogP contribution is -2.13. The van der Waals surface area contributed by atoms with Gasteiger partial charge in [0, 0.05) is 6.26 Å². The van der Waals surface area contributed by atoms with Gasteiger partial charge in [0.25, 0.3) is 5.56 Å². The highest BCUT2D eigenvalue weighted by molar-refractivity contribution is 7.90. The number of nitrogens with one attached hydrogen (secondary N) is 2. The van der Waals surface area contributed by atoms with Crippen LogP contribution in [0.3, 0.4) is 0 Å². The van der Waals surface area contributed by atoms with Crippen molar-refractivity contribution in [2.45, 2.75) is 11.8 Å². The zero-order valence-corrected chi connectivity index (χ0v) is 11.6. The van der Waals surface area contributed by atoms with Crippen molar-refractivity contribution in [3.63, 3.8) is 0 Å². The number of aromatic amines is 1. The second-order valence-electron chi connectivity index (χ2n) is 4.24. The Morgan fingerprint density at radius 1 is 1.35 bits per heavy atom. The van der Waals surface area contributed by atoms with Crippen LogP contribution in [-0.2, 0) is 9.84 Å². The van der Waals surface area contributed by atoms with Gasteiger partial charge in [0.2, 0.25) is 0 Å². The molecule has 2 N–H and O–H groups in total. The Morgan fingerprint density at radius 2 is 2.05 bits per heavy atom. The number of halogens is 1. The fourth-order valence-corrected chi connectivity index (χ4v) is 2.18. The monoisotopic (exact) mass is 297 g/mol. The van der Waals surface area contributed by atoms with Gasteiger partial charge in [-0.1, -0.05) is 0 Å². The quantitative estimate of drug-likeness (QED) is 0.892. The summed E-state index contributed by atoms with van der Waals surface area (Å²) in [6.07, 6.45) is 2.19. The molecule has 1 heterocycles. The van der Waals surface area contributed by atoms with Crippen LogP contribution >= 0.6 is 0 Å². The molecule has 1 aromatic carbocycles. The average molecular weight is 297 g/mol. The molecule has 0 saturated heterocycles. The summed E-state index contributed by atoms with van der Waals surface area (Å²) in [6.45, 7) is 1.54. The van der Waals surface area contributed by atoms with Crippen molar-refractivity contribution in [2.24, 2.45) is 0 Å². The lowest BCUT2D eigenvalue weighted by molar-refractivity contribution is 0.596. The molecular formula is C12H12FN3O3S. The zero-order valence-electron chi connectivity index (χ0n) is 10.8. The molecule has 0 aliphatic rings. The standard InChI is InChI=1S/C12H12FN3O3S/c1-7-11(14-6-15-12(7)17)16-10-4-3-8(5-9(10)13)20(2,18)19/h3-6H,1-2H3,(H2,14,15,16,17). The van der Waals surface area contributed by atoms with Crippen molar-refractivity contribution in [1.82, 2.24) is 9.97 Å². The first kappa shape index (κ1) is 14.2. The van der Waals surface area contributed by atoms with Gasteiger partial charge < -0.3 is 10.3 Å². The maximum Gasteiger partial charge on any atom is 0.255 e. The number of H-pyrrole nitrogens is 1. The van der Waals surface area contributed by atoms with Gasteiger partial charge in [-0.3, -0.25) is 4.79 Å². The normalized spacial score (nSPS) is 11.3. The van der Waals surface area contributed by atoms with E-state index in [9.17, 15) is 17.6 Å². The molecule has 0 radical (unpaired) electrons. The Morgan fingerprint density at radius 3 is 2.65 bits per heavy atom. The Hall–Kier alpha value is -2.22. The summed E-state index contributed by atoms with van der Waals surface area (Å²) in [5.74, 6) is -0.533. The lowest BCUT2D eigenvalue weighted by Gasteiger charge is -2.09. The number of nitrogens with zero attached hydrogens (tertiary/aromatic N) is 1. The van der Waals surface area contributed by atoms with E-state index in [1.165, 1.54) is 25.4 Å². The second-order valence-corrected chi connectivity index (χ2v) is 6.26. The Bertz CT molecular complexity index is 815. The van der Waals surface area contributed by atoms with Crippen LogP contribution < -0.4 is 10.9 Å². The molecule has 0 atom stereocenters. The maximum absolute atomic E-state index is 13.9. The molecule has 8 heteroatoms. The van der Waals surface area contributed by atoms with Crippen LogP contribution in [0.4, 0.5) is 15.9 Å². The SMILES string of the molecule is Cc1c(Nc2ccc(S(C)(=O)=O)cc2F)nc[nH]c1=O. The second kappa shape index (κ2) is 5.04. The van der Waals surface area contributed by atoms with Gasteiger partial charge in [0.05, 0.1) is 22.5 Å². The van der Waals surface area contributed by atoms with E-state index < -0.39 is 15.7 Å². The van der Waals surface area contributed by atoms with E-state index in [-0.39, 0.29) is 22.0 Å². The van der Waals surface area contributed by atoms with Gasteiger partial charge in [-0.05, 0) is 25.1 Å². The highest BCUT2D eigenvalue weighted by Crippen LogP contribution is 2.22. The molecule has 20 heavy (non-hydrogen) atoms. The van der Waals surface area contributed by atoms with Gasteiger partial charge in [-0.2, -0.15) is 0 Å². The smallest absolute Gasteiger partial charge is 0.255 e. The highest BCUT2D eigenvalue weighted by Gasteiger charge is 2.12. The summed E-state index contributed by atoms with van der Waals surface area (Å²) in [7, 11) is -3.47. The molecular weight excluding hydrogens is 285 g/mol. The maximum atomic E-state index is 13.9. The average Bonchev–Trinajstić information content (AvgIpc) is 2.36. The summed E-state index contributed by atoms with van der Waals surface area (Å²) < 4.78 is 36.5. The number of hydrogen-bond donors (Lipinski definition) is 2. The molecule has 0 unspecified atom stereocenters. The van der Waals surface area contributed by atoms with E-state index in [1.807, 2.05) is 0 Å². The van der Waals surface area contributed by atoms with Crippen LogP contribution in [0.1, 0.15) is 5.56 Å². The number of hydrogen-bond acceptors (Lipinski definition) is 5. The Balaban J connectivity index is 2.41. The molecule has 2 rings (SSSR count). The van der Waals surface area contributed by atoms with Crippen LogP contribution in [0.15, 0.2) is 34.2 Å². The summed E-state index contributed by atoms with van der Waals surface area (Å²) >= 11 is 0. The van der Waals surface area contributed by atoms with Crippen molar-refractivity contribution < 1.29 is 12.8 Å². The molecule has 0 amide bonds. The fourth-order valence-electron chi connectivity index (χ4n) is 1.55. The number of anilines is 2. The van der Waals surface area contributed by atoms with Crippen molar-refractivity contribution in [3.8, 4) is 0 Å². The van der Waals surface area contributed by atoms with Crippen molar-refractivity contribution in [2.75, 3.05) is 11.6 Å². The number of sulfone groups is 1. The first-order valence-corrected chi connectivity index (χ1v) is 7.49. The van der Waals surface area contributed by atoms with Gasteiger partial charge in [0.15, 0.2) is 9.84 Å². The predicted octanol–water partition coefficient (Wildman–Crippen LogP) is 1.36. The predicted molar refractivity (Wildman–Crippen MR) is 72.4 cm³/mol. The van der Waals surface area contributed by atoms with Gasteiger partial charge in [0.1, 0.15) is 11.6 Å². The van der Waals surface area contributed by atoms with Gasteiger partial charge >= 0.3 is 0 Å². The molecule has 0 fully saturated rings. The van der Waals surface area contributed by atoms with Crippen LogP contribution in [-0.4, -0.2) is 24.6 Å². The molecule has 0 spiro atoms. The molecule has 0 aliphatic carbocycles. The summed E-state index contributed by atoms with van der Waals surface area (Å²) in [5.41, 5.74) is 0.00774. The summed E-state index contributed by atoms with van der Waals surface area (Å²) in [5, 5.41) is 2.66. The first-order valence-electron chi connectivity index (χ1n) is 5.60. The van der Waals surface area contributed by atoms with Gasteiger partial charge in [-0.25, -0.2) is 17.8 Å². The highest BCUT2D eigenvalue weighted by atomic mass is 32.2. The van der Waals surface area contributed by atoms with Crippen LogP contribution in [0.5, 0.6) is 0 Å². The Kier molecular flexibility index (Phi) is 3.58. The first-order chi connectivity index (χ1) is 9.29. The fraction of sp³-hybridized carbons (Fsp3) is 0.167. The minimum Gasteiger partial charge on any atom is -0.337 e. The van der Waals surface area contributed by atoms with Gasteiger partial charge in [-0.15, -0.1) is 0 Å². The largest absolute Gasteiger partial charge is 0.337 e. The van der Waals surface area contributed by atoms with Crippen molar-refractivity contribution in [3.05, 3.63) is 46.3 Å². The number of aromatic nitrogens is 2. The minimum atomic E-state index is -3.47. The molecule has 0 aliphatic heterocycles. The van der Waals surface area contributed by atoms with E-state index in [2.05, 4.69) is 15.3 Å².